The molecule has 0 aromatic heterocycles. The molecule has 178 valence electrons. The van der Waals surface area contributed by atoms with Crippen LogP contribution >= 0.6 is 0 Å². The number of para-hydroxylation sites is 1. The highest BCUT2D eigenvalue weighted by Gasteiger charge is 2.16. The number of aryl methyl sites for hydroxylation is 1. The number of carbonyl (C=O) groups excluding carboxylic acids is 2. The van der Waals surface area contributed by atoms with Crippen LogP contribution in [0.1, 0.15) is 28.4 Å². The first-order chi connectivity index (χ1) is 17.5. The van der Waals surface area contributed by atoms with Crippen LogP contribution in [0.4, 0.5) is 5.69 Å². The van der Waals surface area contributed by atoms with Gasteiger partial charge in [0.05, 0.1) is 12.2 Å². The van der Waals surface area contributed by atoms with Crippen molar-refractivity contribution >= 4 is 34.4 Å². The zero-order valence-corrected chi connectivity index (χ0v) is 19.9. The van der Waals surface area contributed by atoms with Gasteiger partial charge in [0.2, 0.25) is 0 Å². The molecule has 1 N–H and O–H groups in total. The lowest BCUT2D eigenvalue weighted by atomic mass is 10.0. The van der Waals surface area contributed by atoms with Crippen molar-refractivity contribution in [3.8, 4) is 17.6 Å². The third-order valence-electron chi connectivity index (χ3n) is 5.55. The highest BCUT2D eigenvalue weighted by atomic mass is 16.6. The molecule has 0 aliphatic rings. The number of amides is 1. The largest absolute Gasteiger partial charge is 0.490 e. The summed E-state index contributed by atoms with van der Waals surface area (Å²) in [7, 11) is 0. The van der Waals surface area contributed by atoms with E-state index < -0.39 is 11.9 Å². The smallest absolute Gasteiger partial charge is 0.344 e. The minimum atomic E-state index is -0.517. The number of nitrogens with one attached hydrogen (secondary N) is 1. The molecule has 0 fully saturated rings. The van der Waals surface area contributed by atoms with E-state index in [-0.39, 0.29) is 11.3 Å². The van der Waals surface area contributed by atoms with Gasteiger partial charge in [0.25, 0.3) is 5.91 Å². The molecule has 0 atom stereocenters. The number of carbonyl (C=O) groups is 2. The van der Waals surface area contributed by atoms with Gasteiger partial charge in [0.15, 0.2) is 11.5 Å². The molecule has 0 saturated heterocycles. The molecule has 0 spiro atoms. The van der Waals surface area contributed by atoms with Gasteiger partial charge in [0.1, 0.15) is 11.6 Å². The van der Waals surface area contributed by atoms with Gasteiger partial charge in [-0.1, -0.05) is 60.7 Å². The number of ether oxygens (including phenoxy) is 2. The summed E-state index contributed by atoms with van der Waals surface area (Å²) in [6, 6.07) is 27.2. The Morgan fingerprint density at radius 3 is 2.47 bits per heavy atom. The summed E-state index contributed by atoms with van der Waals surface area (Å²) in [5.41, 5.74) is 2.45. The lowest BCUT2D eigenvalue weighted by Gasteiger charge is -2.13. The van der Waals surface area contributed by atoms with Crippen LogP contribution in [0, 0.1) is 18.3 Å². The Balaban J connectivity index is 1.59. The van der Waals surface area contributed by atoms with Crippen molar-refractivity contribution in [1.29, 1.82) is 5.26 Å². The Morgan fingerprint density at radius 1 is 0.944 bits per heavy atom. The van der Waals surface area contributed by atoms with Crippen LogP contribution in [-0.2, 0) is 4.79 Å². The fraction of sp³-hybridized carbons (Fsp3) is 0.100. The number of anilines is 1. The topological polar surface area (TPSA) is 88.4 Å². The summed E-state index contributed by atoms with van der Waals surface area (Å²) in [5, 5.41) is 14.1. The van der Waals surface area contributed by atoms with E-state index in [1.807, 2.05) is 74.5 Å². The van der Waals surface area contributed by atoms with E-state index in [0.717, 1.165) is 16.3 Å². The summed E-state index contributed by atoms with van der Waals surface area (Å²) >= 11 is 0. The minimum Gasteiger partial charge on any atom is -0.490 e. The zero-order chi connectivity index (χ0) is 25.5. The van der Waals surface area contributed by atoms with E-state index in [1.54, 1.807) is 30.3 Å². The van der Waals surface area contributed by atoms with Crippen LogP contribution in [0.15, 0.2) is 90.5 Å². The number of rotatable bonds is 7. The molecule has 6 nitrogen and oxygen atoms in total. The molecule has 0 saturated carbocycles. The fourth-order valence-electron chi connectivity index (χ4n) is 3.74. The van der Waals surface area contributed by atoms with E-state index in [4.69, 9.17) is 9.47 Å². The van der Waals surface area contributed by atoms with E-state index in [0.29, 0.717) is 29.2 Å². The molecule has 0 aliphatic carbocycles. The number of nitriles is 1. The summed E-state index contributed by atoms with van der Waals surface area (Å²) < 4.78 is 11.4. The summed E-state index contributed by atoms with van der Waals surface area (Å²) in [6.07, 6.45) is 1.46. The molecule has 36 heavy (non-hydrogen) atoms. The maximum absolute atomic E-state index is 13.0. The molecule has 0 unspecified atom stereocenters. The number of benzene rings is 4. The first kappa shape index (κ1) is 24.2. The minimum absolute atomic E-state index is 0.0683. The van der Waals surface area contributed by atoms with Gasteiger partial charge in [0, 0.05) is 5.69 Å². The summed E-state index contributed by atoms with van der Waals surface area (Å²) in [4.78, 5) is 25.7. The number of hydrogen-bond acceptors (Lipinski definition) is 5. The Hall–Kier alpha value is -4.89. The highest BCUT2D eigenvalue weighted by molar-refractivity contribution is 6.10. The first-order valence-corrected chi connectivity index (χ1v) is 11.5. The third-order valence-corrected chi connectivity index (χ3v) is 5.55. The van der Waals surface area contributed by atoms with Crippen LogP contribution in [0.3, 0.4) is 0 Å². The Morgan fingerprint density at radius 2 is 1.69 bits per heavy atom. The van der Waals surface area contributed by atoms with Gasteiger partial charge in [-0.3, -0.25) is 4.79 Å². The van der Waals surface area contributed by atoms with Gasteiger partial charge < -0.3 is 14.8 Å². The van der Waals surface area contributed by atoms with Gasteiger partial charge in [-0.05, 0) is 66.1 Å². The molecular weight excluding hydrogens is 452 g/mol. The lowest BCUT2D eigenvalue weighted by Crippen LogP contribution is -2.14. The van der Waals surface area contributed by atoms with E-state index >= 15 is 0 Å². The van der Waals surface area contributed by atoms with Crippen molar-refractivity contribution in [3.63, 3.8) is 0 Å². The predicted octanol–water partition coefficient (Wildman–Crippen LogP) is 6.31. The van der Waals surface area contributed by atoms with Crippen molar-refractivity contribution in [2.45, 2.75) is 13.8 Å². The molecule has 4 aromatic rings. The molecule has 0 bridgehead atoms. The molecule has 0 heterocycles. The van der Waals surface area contributed by atoms with Crippen molar-refractivity contribution in [2.75, 3.05) is 11.9 Å². The monoisotopic (exact) mass is 476 g/mol. The number of fused-ring (bicyclic) bond motifs is 1. The highest BCUT2D eigenvalue weighted by Crippen LogP contribution is 2.31. The average molecular weight is 477 g/mol. The second kappa shape index (κ2) is 11.0. The van der Waals surface area contributed by atoms with Crippen LogP contribution in [-0.4, -0.2) is 18.5 Å². The van der Waals surface area contributed by atoms with E-state index in [9.17, 15) is 14.9 Å². The van der Waals surface area contributed by atoms with Crippen molar-refractivity contribution in [3.05, 3.63) is 107 Å². The normalized spacial score (nSPS) is 11.0. The quantitative estimate of drug-likeness (QED) is 0.146. The van der Waals surface area contributed by atoms with E-state index in [2.05, 4.69) is 5.32 Å². The number of nitrogens with zero attached hydrogens (tertiary/aromatic N) is 1. The molecule has 4 aromatic carbocycles. The Bertz CT molecular complexity index is 1510. The molecular formula is C30H24N2O4. The van der Waals surface area contributed by atoms with Crippen LogP contribution in [0.5, 0.6) is 11.5 Å². The molecule has 0 radical (unpaired) electrons. The second-order valence-electron chi connectivity index (χ2n) is 7.99. The van der Waals surface area contributed by atoms with Gasteiger partial charge in [-0.15, -0.1) is 0 Å². The van der Waals surface area contributed by atoms with Gasteiger partial charge in [-0.2, -0.15) is 5.26 Å². The van der Waals surface area contributed by atoms with Crippen LogP contribution < -0.4 is 14.8 Å². The molecule has 4 rings (SSSR count). The zero-order valence-electron chi connectivity index (χ0n) is 19.9. The average Bonchev–Trinajstić information content (AvgIpc) is 2.89. The predicted molar refractivity (Wildman–Crippen MR) is 140 cm³/mol. The van der Waals surface area contributed by atoms with Crippen LogP contribution in [0.2, 0.25) is 0 Å². The van der Waals surface area contributed by atoms with Gasteiger partial charge >= 0.3 is 5.97 Å². The Labute approximate surface area is 209 Å². The molecule has 0 aliphatic heterocycles. The number of esters is 1. The summed E-state index contributed by atoms with van der Waals surface area (Å²) in [6.45, 7) is 4.03. The summed E-state index contributed by atoms with van der Waals surface area (Å²) in [5.74, 6) is -0.450. The maximum atomic E-state index is 13.0. The fourth-order valence-corrected chi connectivity index (χ4v) is 3.74. The standard InChI is InChI=1S/C30H24N2O4/c1-3-35-28-18-21(17-23(19-31)29(33)32-26-14-7-4-9-20(26)2)15-16-27(28)36-30(34)25-13-8-11-22-10-5-6-12-24(22)25/h4-18H,3H2,1-2H3,(H,32,33). The van der Waals surface area contributed by atoms with Gasteiger partial charge in [-0.25, -0.2) is 4.79 Å². The third kappa shape index (κ3) is 5.43. The van der Waals surface area contributed by atoms with Crippen LogP contribution in [0.25, 0.3) is 16.8 Å². The SMILES string of the molecule is CCOc1cc(C=C(C#N)C(=O)Nc2ccccc2C)ccc1OC(=O)c1cccc2ccccc12. The Kier molecular flexibility index (Phi) is 7.42. The number of hydrogen-bond donors (Lipinski definition) is 1. The van der Waals surface area contributed by atoms with Crippen molar-refractivity contribution < 1.29 is 19.1 Å². The van der Waals surface area contributed by atoms with E-state index in [1.165, 1.54) is 6.08 Å². The maximum Gasteiger partial charge on any atom is 0.344 e. The molecule has 6 heteroatoms. The molecule has 1 amide bonds. The lowest BCUT2D eigenvalue weighted by molar-refractivity contribution is -0.112. The van der Waals surface area contributed by atoms with Crippen molar-refractivity contribution in [1.82, 2.24) is 0 Å². The second-order valence-corrected chi connectivity index (χ2v) is 7.99. The van der Waals surface area contributed by atoms with Crippen molar-refractivity contribution in [2.24, 2.45) is 0 Å². The first-order valence-electron chi connectivity index (χ1n) is 11.5.